The molecular weight excluding hydrogens is 242 g/mol. The molecule has 0 radical (unpaired) electrons. The van der Waals surface area contributed by atoms with Gasteiger partial charge in [0, 0.05) is 33.1 Å². The SMILES string of the molecule is CCCCN(CC)CC(=O)N1CCN(C(C)=O)CC1. The smallest absolute Gasteiger partial charge is 0.236 e. The van der Waals surface area contributed by atoms with Crippen molar-refractivity contribution in [2.45, 2.75) is 33.6 Å². The lowest BCUT2D eigenvalue weighted by atomic mass is 10.2. The first-order valence-corrected chi connectivity index (χ1v) is 7.34. The number of piperazine rings is 1. The zero-order valence-corrected chi connectivity index (χ0v) is 12.5. The highest BCUT2D eigenvalue weighted by molar-refractivity contribution is 5.79. The van der Waals surface area contributed by atoms with E-state index in [2.05, 4.69) is 18.7 Å². The van der Waals surface area contributed by atoms with Crippen molar-refractivity contribution in [2.24, 2.45) is 0 Å². The van der Waals surface area contributed by atoms with Gasteiger partial charge in [0.15, 0.2) is 0 Å². The Morgan fingerprint density at radius 3 is 2.11 bits per heavy atom. The first-order valence-electron chi connectivity index (χ1n) is 7.34. The Balaban J connectivity index is 2.35. The molecule has 0 atom stereocenters. The summed E-state index contributed by atoms with van der Waals surface area (Å²) in [6, 6.07) is 0. The van der Waals surface area contributed by atoms with Crippen LogP contribution in [-0.2, 0) is 9.59 Å². The van der Waals surface area contributed by atoms with Crippen LogP contribution in [0.1, 0.15) is 33.6 Å². The second-order valence-electron chi connectivity index (χ2n) is 5.11. The van der Waals surface area contributed by atoms with E-state index in [4.69, 9.17) is 0 Å². The van der Waals surface area contributed by atoms with E-state index in [1.807, 2.05) is 4.90 Å². The number of hydrogen-bond donors (Lipinski definition) is 0. The number of nitrogens with zero attached hydrogens (tertiary/aromatic N) is 3. The maximum atomic E-state index is 12.2. The van der Waals surface area contributed by atoms with Crippen LogP contribution in [0, 0.1) is 0 Å². The predicted molar refractivity (Wildman–Crippen MR) is 75.9 cm³/mol. The minimum Gasteiger partial charge on any atom is -0.339 e. The Labute approximate surface area is 116 Å². The summed E-state index contributed by atoms with van der Waals surface area (Å²) in [6.45, 7) is 10.9. The van der Waals surface area contributed by atoms with Gasteiger partial charge in [-0.25, -0.2) is 0 Å². The van der Waals surface area contributed by atoms with Crippen molar-refractivity contribution in [1.82, 2.24) is 14.7 Å². The molecule has 1 aliphatic rings. The molecule has 0 aliphatic carbocycles. The molecule has 0 aromatic heterocycles. The van der Waals surface area contributed by atoms with Gasteiger partial charge in [0.25, 0.3) is 0 Å². The number of hydrogen-bond acceptors (Lipinski definition) is 3. The molecule has 0 bridgehead atoms. The molecule has 110 valence electrons. The summed E-state index contributed by atoms with van der Waals surface area (Å²) < 4.78 is 0. The van der Waals surface area contributed by atoms with Crippen molar-refractivity contribution >= 4 is 11.8 Å². The van der Waals surface area contributed by atoms with Crippen LogP contribution in [0.4, 0.5) is 0 Å². The van der Waals surface area contributed by atoms with E-state index in [9.17, 15) is 9.59 Å². The average Bonchev–Trinajstić information content (AvgIpc) is 2.43. The third kappa shape index (κ3) is 5.19. The molecule has 5 heteroatoms. The van der Waals surface area contributed by atoms with Gasteiger partial charge in [0.2, 0.25) is 11.8 Å². The third-order valence-corrected chi connectivity index (χ3v) is 3.71. The average molecular weight is 269 g/mol. The van der Waals surface area contributed by atoms with E-state index < -0.39 is 0 Å². The van der Waals surface area contributed by atoms with Crippen molar-refractivity contribution in [1.29, 1.82) is 0 Å². The molecule has 1 heterocycles. The topological polar surface area (TPSA) is 43.9 Å². The molecule has 1 rings (SSSR count). The fourth-order valence-corrected chi connectivity index (χ4v) is 2.29. The fraction of sp³-hybridized carbons (Fsp3) is 0.857. The molecule has 5 nitrogen and oxygen atoms in total. The monoisotopic (exact) mass is 269 g/mol. The number of unbranched alkanes of at least 4 members (excludes halogenated alkanes) is 1. The van der Waals surface area contributed by atoms with Gasteiger partial charge in [-0.3, -0.25) is 14.5 Å². The van der Waals surface area contributed by atoms with Gasteiger partial charge in [-0.05, 0) is 19.5 Å². The van der Waals surface area contributed by atoms with Crippen molar-refractivity contribution in [3.63, 3.8) is 0 Å². The van der Waals surface area contributed by atoms with Crippen LogP contribution in [0.3, 0.4) is 0 Å². The first kappa shape index (κ1) is 16.0. The predicted octanol–water partition coefficient (Wildman–Crippen LogP) is 0.799. The lowest BCUT2D eigenvalue weighted by molar-refractivity contribution is -0.139. The second-order valence-corrected chi connectivity index (χ2v) is 5.11. The molecule has 1 fully saturated rings. The van der Waals surface area contributed by atoms with Crippen LogP contribution < -0.4 is 0 Å². The van der Waals surface area contributed by atoms with Crippen molar-refractivity contribution in [2.75, 3.05) is 45.8 Å². The molecule has 2 amide bonds. The largest absolute Gasteiger partial charge is 0.339 e. The van der Waals surface area contributed by atoms with E-state index in [0.29, 0.717) is 32.7 Å². The Bertz CT molecular complexity index is 299. The Morgan fingerprint density at radius 1 is 1.05 bits per heavy atom. The number of amides is 2. The summed E-state index contributed by atoms with van der Waals surface area (Å²) in [6.07, 6.45) is 2.29. The zero-order chi connectivity index (χ0) is 14.3. The van der Waals surface area contributed by atoms with E-state index >= 15 is 0 Å². The van der Waals surface area contributed by atoms with Gasteiger partial charge < -0.3 is 9.80 Å². The third-order valence-electron chi connectivity index (χ3n) is 3.71. The zero-order valence-electron chi connectivity index (χ0n) is 12.5. The van der Waals surface area contributed by atoms with Crippen LogP contribution in [0.2, 0.25) is 0 Å². The molecule has 0 aromatic carbocycles. The van der Waals surface area contributed by atoms with E-state index in [-0.39, 0.29) is 11.8 Å². The quantitative estimate of drug-likeness (QED) is 0.716. The van der Waals surface area contributed by atoms with Crippen molar-refractivity contribution in [3.05, 3.63) is 0 Å². The summed E-state index contributed by atoms with van der Waals surface area (Å²) >= 11 is 0. The fourth-order valence-electron chi connectivity index (χ4n) is 2.29. The maximum Gasteiger partial charge on any atom is 0.236 e. The Morgan fingerprint density at radius 2 is 1.63 bits per heavy atom. The first-order chi connectivity index (χ1) is 9.08. The minimum absolute atomic E-state index is 0.102. The summed E-state index contributed by atoms with van der Waals surface area (Å²) in [5.74, 6) is 0.298. The van der Waals surface area contributed by atoms with Gasteiger partial charge >= 0.3 is 0 Å². The standard InChI is InChI=1S/C14H27N3O2/c1-4-6-7-15(5-2)12-14(19)17-10-8-16(9-11-17)13(3)18/h4-12H2,1-3H3. The van der Waals surface area contributed by atoms with E-state index in [1.165, 1.54) is 0 Å². The van der Waals surface area contributed by atoms with Crippen LogP contribution in [0.25, 0.3) is 0 Å². The van der Waals surface area contributed by atoms with E-state index in [0.717, 1.165) is 25.9 Å². The summed E-state index contributed by atoms with van der Waals surface area (Å²) in [4.78, 5) is 29.3. The molecule has 0 unspecified atom stereocenters. The lowest BCUT2D eigenvalue weighted by Gasteiger charge is -2.35. The molecule has 0 N–H and O–H groups in total. The van der Waals surface area contributed by atoms with Crippen LogP contribution in [0.5, 0.6) is 0 Å². The minimum atomic E-state index is 0.102. The molecule has 1 saturated heterocycles. The molecule has 0 aromatic rings. The van der Waals surface area contributed by atoms with Crippen LogP contribution >= 0.6 is 0 Å². The molecular formula is C14H27N3O2. The van der Waals surface area contributed by atoms with Gasteiger partial charge in [-0.2, -0.15) is 0 Å². The number of rotatable bonds is 6. The number of carbonyl (C=O) groups excluding carboxylic acids is 2. The Kier molecular flexibility index (Phi) is 6.84. The van der Waals surface area contributed by atoms with Crippen molar-refractivity contribution in [3.8, 4) is 0 Å². The van der Waals surface area contributed by atoms with Crippen LogP contribution in [0.15, 0.2) is 0 Å². The molecule has 0 saturated carbocycles. The Hall–Kier alpha value is -1.10. The number of likely N-dealkylation sites (N-methyl/N-ethyl adjacent to an activating group) is 1. The van der Waals surface area contributed by atoms with Gasteiger partial charge in [0.1, 0.15) is 0 Å². The molecule has 0 spiro atoms. The summed E-state index contributed by atoms with van der Waals surface area (Å²) in [5, 5.41) is 0. The van der Waals surface area contributed by atoms with Crippen molar-refractivity contribution < 1.29 is 9.59 Å². The summed E-state index contributed by atoms with van der Waals surface area (Å²) in [5.41, 5.74) is 0. The highest BCUT2D eigenvalue weighted by atomic mass is 16.2. The highest BCUT2D eigenvalue weighted by Crippen LogP contribution is 2.04. The normalized spacial score (nSPS) is 16.0. The van der Waals surface area contributed by atoms with Gasteiger partial charge in [0.05, 0.1) is 6.54 Å². The second kappa shape index (κ2) is 8.15. The van der Waals surface area contributed by atoms with Gasteiger partial charge in [-0.15, -0.1) is 0 Å². The number of carbonyl (C=O) groups is 2. The van der Waals surface area contributed by atoms with E-state index in [1.54, 1.807) is 11.8 Å². The van der Waals surface area contributed by atoms with Gasteiger partial charge in [-0.1, -0.05) is 20.3 Å². The summed E-state index contributed by atoms with van der Waals surface area (Å²) in [7, 11) is 0. The maximum absolute atomic E-state index is 12.2. The molecule has 19 heavy (non-hydrogen) atoms. The van der Waals surface area contributed by atoms with Crippen LogP contribution in [-0.4, -0.2) is 72.3 Å². The molecule has 1 aliphatic heterocycles. The lowest BCUT2D eigenvalue weighted by Crippen LogP contribution is -2.52. The highest BCUT2D eigenvalue weighted by Gasteiger charge is 2.23.